The number of nitrogens with zero attached hydrogens (tertiary/aromatic N) is 1. The van der Waals surface area contributed by atoms with Gasteiger partial charge in [-0.2, -0.15) is 5.26 Å². The number of hydrogen-bond donors (Lipinski definition) is 0. The van der Waals surface area contributed by atoms with Gasteiger partial charge in [-0.25, -0.2) is 4.79 Å². The summed E-state index contributed by atoms with van der Waals surface area (Å²) in [6.07, 6.45) is 3.73. The molecule has 0 saturated carbocycles. The number of methoxy groups -OCH3 is 1. The number of rotatable bonds is 5. The van der Waals surface area contributed by atoms with Crippen LogP contribution in [-0.2, 0) is 9.53 Å². The van der Waals surface area contributed by atoms with E-state index in [1.807, 2.05) is 49.4 Å². The number of carbonyl (C=O) groups excluding carboxylic acids is 1. The fraction of sp³-hybridized carbons (Fsp3) is 0.0833. The standard InChI is InChI=1S/C24H19NO2S/c1-17-13-21(28-23(17)14-20(16-25)24(26)27-2)15-22(18-9-5-3-6-10-18)19-11-7-4-8-12-19/h3-15H,1-2H3. The monoisotopic (exact) mass is 385 g/mol. The smallest absolute Gasteiger partial charge is 0.348 e. The average Bonchev–Trinajstić information content (AvgIpc) is 3.09. The maximum absolute atomic E-state index is 11.7. The van der Waals surface area contributed by atoms with Crippen LogP contribution < -0.4 is 0 Å². The average molecular weight is 385 g/mol. The van der Waals surface area contributed by atoms with E-state index in [2.05, 4.69) is 41.1 Å². The van der Waals surface area contributed by atoms with Crippen LogP contribution in [0.2, 0.25) is 0 Å². The Hall–Kier alpha value is -3.42. The first-order valence-corrected chi connectivity index (χ1v) is 9.57. The topological polar surface area (TPSA) is 50.1 Å². The van der Waals surface area contributed by atoms with E-state index >= 15 is 0 Å². The highest BCUT2D eigenvalue weighted by molar-refractivity contribution is 7.14. The molecule has 3 aromatic rings. The number of nitriles is 1. The van der Waals surface area contributed by atoms with Crippen molar-refractivity contribution in [1.29, 1.82) is 5.26 Å². The van der Waals surface area contributed by atoms with E-state index < -0.39 is 5.97 Å². The van der Waals surface area contributed by atoms with Crippen LogP contribution in [0.15, 0.2) is 72.3 Å². The molecule has 4 heteroatoms. The number of carbonyl (C=O) groups is 1. The number of ether oxygens (including phenoxy) is 1. The molecule has 28 heavy (non-hydrogen) atoms. The largest absolute Gasteiger partial charge is 0.465 e. The highest BCUT2D eigenvalue weighted by Gasteiger charge is 2.12. The minimum absolute atomic E-state index is 0.00526. The van der Waals surface area contributed by atoms with E-state index in [0.29, 0.717) is 0 Å². The first-order valence-electron chi connectivity index (χ1n) is 8.75. The molecule has 2 aromatic carbocycles. The summed E-state index contributed by atoms with van der Waals surface area (Å²) in [4.78, 5) is 13.6. The van der Waals surface area contributed by atoms with Crippen molar-refractivity contribution in [2.24, 2.45) is 0 Å². The van der Waals surface area contributed by atoms with Crippen molar-refractivity contribution in [2.45, 2.75) is 6.92 Å². The molecule has 1 aromatic heterocycles. The van der Waals surface area contributed by atoms with Crippen molar-refractivity contribution in [3.05, 3.63) is 98.7 Å². The first kappa shape index (κ1) is 19.3. The van der Waals surface area contributed by atoms with E-state index in [-0.39, 0.29) is 5.57 Å². The second kappa shape index (κ2) is 8.98. The zero-order valence-electron chi connectivity index (χ0n) is 15.7. The minimum Gasteiger partial charge on any atom is -0.465 e. The van der Waals surface area contributed by atoms with Crippen LogP contribution in [0, 0.1) is 18.3 Å². The van der Waals surface area contributed by atoms with Crippen molar-refractivity contribution in [1.82, 2.24) is 0 Å². The molecule has 3 nitrogen and oxygen atoms in total. The molecule has 0 spiro atoms. The third-order valence-electron chi connectivity index (χ3n) is 4.23. The molecule has 0 fully saturated rings. The molecule has 0 N–H and O–H groups in total. The Balaban J connectivity index is 2.07. The SMILES string of the molecule is COC(=O)C(C#N)=Cc1sc(C=C(c2ccccc2)c2ccccc2)cc1C. The van der Waals surface area contributed by atoms with Crippen LogP contribution in [0.4, 0.5) is 0 Å². The zero-order chi connectivity index (χ0) is 19.9. The molecule has 0 aliphatic carbocycles. The Morgan fingerprint density at radius 2 is 1.57 bits per heavy atom. The van der Waals surface area contributed by atoms with E-state index in [1.54, 1.807) is 6.08 Å². The summed E-state index contributed by atoms with van der Waals surface area (Å²) in [7, 11) is 1.27. The molecule has 138 valence electrons. The van der Waals surface area contributed by atoms with Gasteiger partial charge in [0.25, 0.3) is 0 Å². The number of benzene rings is 2. The van der Waals surface area contributed by atoms with Crippen molar-refractivity contribution >= 4 is 35.0 Å². The lowest BCUT2D eigenvalue weighted by Crippen LogP contribution is -2.02. The molecular formula is C24H19NO2S. The summed E-state index contributed by atoms with van der Waals surface area (Å²) >= 11 is 1.54. The third-order valence-corrected chi connectivity index (χ3v) is 5.36. The number of esters is 1. The lowest BCUT2D eigenvalue weighted by atomic mass is 9.97. The predicted octanol–water partition coefficient (Wildman–Crippen LogP) is 5.73. The van der Waals surface area contributed by atoms with Gasteiger partial charge in [0.05, 0.1) is 7.11 Å². The molecule has 0 atom stereocenters. The number of thiophene rings is 1. The van der Waals surface area contributed by atoms with Gasteiger partial charge in [0.15, 0.2) is 0 Å². The summed E-state index contributed by atoms with van der Waals surface area (Å²) in [5.74, 6) is -0.623. The Kier molecular flexibility index (Phi) is 6.21. The van der Waals surface area contributed by atoms with Gasteiger partial charge < -0.3 is 4.74 Å². The lowest BCUT2D eigenvalue weighted by molar-refractivity contribution is -0.135. The predicted molar refractivity (Wildman–Crippen MR) is 115 cm³/mol. The molecule has 0 amide bonds. The van der Waals surface area contributed by atoms with Crippen molar-refractivity contribution in [2.75, 3.05) is 7.11 Å². The molecule has 0 radical (unpaired) electrons. The zero-order valence-corrected chi connectivity index (χ0v) is 16.5. The molecular weight excluding hydrogens is 366 g/mol. The highest BCUT2D eigenvalue weighted by atomic mass is 32.1. The Morgan fingerprint density at radius 1 is 1.00 bits per heavy atom. The van der Waals surface area contributed by atoms with Crippen LogP contribution in [0.5, 0.6) is 0 Å². The van der Waals surface area contributed by atoms with Crippen LogP contribution in [-0.4, -0.2) is 13.1 Å². The van der Waals surface area contributed by atoms with E-state index in [9.17, 15) is 10.1 Å². The molecule has 3 rings (SSSR count). The molecule has 0 unspecified atom stereocenters. The Labute approximate surface area is 168 Å². The minimum atomic E-state index is -0.623. The van der Waals surface area contributed by atoms with Gasteiger partial charge in [0, 0.05) is 9.75 Å². The molecule has 0 aliphatic rings. The van der Waals surface area contributed by atoms with Gasteiger partial charge in [0.1, 0.15) is 11.6 Å². The summed E-state index contributed by atoms with van der Waals surface area (Å²) in [5, 5.41) is 9.20. The fourth-order valence-corrected chi connectivity index (χ4v) is 3.89. The summed E-state index contributed by atoms with van der Waals surface area (Å²) < 4.78 is 4.67. The van der Waals surface area contributed by atoms with E-state index in [0.717, 1.165) is 32.0 Å². The quantitative estimate of drug-likeness (QED) is 0.320. The van der Waals surface area contributed by atoms with E-state index in [1.165, 1.54) is 18.4 Å². The lowest BCUT2D eigenvalue weighted by Gasteiger charge is -2.08. The Bertz CT molecular complexity index is 1030. The van der Waals surface area contributed by atoms with E-state index in [4.69, 9.17) is 0 Å². The van der Waals surface area contributed by atoms with Gasteiger partial charge in [-0.05, 0) is 47.4 Å². The molecule has 1 heterocycles. The van der Waals surface area contributed by atoms with Gasteiger partial charge >= 0.3 is 5.97 Å². The van der Waals surface area contributed by atoms with Gasteiger partial charge in [0.2, 0.25) is 0 Å². The second-order valence-corrected chi connectivity index (χ2v) is 7.26. The fourth-order valence-electron chi connectivity index (χ4n) is 2.82. The number of hydrogen-bond acceptors (Lipinski definition) is 4. The van der Waals surface area contributed by atoms with Gasteiger partial charge in [-0.3, -0.25) is 0 Å². The van der Waals surface area contributed by atoms with Crippen LogP contribution in [0.25, 0.3) is 17.7 Å². The highest BCUT2D eigenvalue weighted by Crippen LogP contribution is 2.31. The first-order chi connectivity index (χ1) is 13.6. The second-order valence-electron chi connectivity index (χ2n) is 6.15. The molecule has 0 aliphatic heterocycles. The van der Waals surface area contributed by atoms with Crippen molar-refractivity contribution < 1.29 is 9.53 Å². The van der Waals surface area contributed by atoms with Crippen molar-refractivity contribution in [3.8, 4) is 6.07 Å². The maximum Gasteiger partial charge on any atom is 0.348 e. The molecule has 0 saturated heterocycles. The van der Waals surface area contributed by atoms with Crippen LogP contribution in [0.3, 0.4) is 0 Å². The molecule has 0 bridgehead atoms. The Morgan fingerprint density at radius 3 is 2.07 bits per heavy atom. The summed E-state index contributed by atoms with van der Waals surface area (Å²) in [5.41, 5.74) is 4.38. The number of aryl methyl sites for hydroxylation is 1. The van der Waals surface area contributed by atoms with Gasteiger partial charge in [-0.1, -0.05) is 60.7 Å². The maximum atomic E-state index is 11.7. The van der Waals surface area contributed by atoms with Crippen molar-refractivity contribution in [3.63, 3.8) is 0 Å². The summed E-state index contributed by atoms with van der Waals surface area (Å²) in [6, 6.07) is 24.4. The summed E-state index contributed by atoms with van der Waals surface area (Å²) in [6.45, 7) is 1.97. The van der Waals surface area contributed by atoms with Crippen LogP contribution >= 0.6 is 11.3 Å². The third kappa shape index (κ3) is 4.46. The normalized spacial score (nSPS) is 10.8. The van der Waals surface area contributed by atoms with Crippen LogP contribution in [0.1, 0.15) is 26.4 Å². The van der Waals surface area contributed by atoms with Gasteiger partial charge in [-0.15, -0.1) is 11.3 Å².